The second kappa shape index (κ2) is 15.0. The van der Waals surface area contributed by atoms with Gasteiger partial charge in [-0.3, -0.25) is 10.2 Å². The van der Waals surface area contributed by atoms with E-state index in [0.29, 0.717) is 28.2 Å². The van der Waals surface area contributed by atoms with Gasteiger partial charge in [0.25, 0.3) is 0 Å². The number of carbonyl (C=O) groups is 1. The lowest BCUT2D eigenvalue weighted by Gasteiger charge is -2.32. The summed E-state index contributed by atoms with van der Waals surface area (Å²) < 4.78 is 33.6. The number of imidazole rings is 1. The van der Waals surface area contributed by atoms with Crippen LogP contribution in [-0.2, 0) is 29.2 Å². The molecule has 5 aromatic rings. The van der Waals surface area contributed by atoms with Crippen molar-refractivity contribution >= 4 is 34.5 Å². The summed E-state index contributed by atoms with van der Waals surface area (Å²) in [6, 6.07) is 22.1. The van der Waals surface area contributed by atoms with Gasteiger partial charge < -0.3 is 18.8 Å². The number of amides is 1. The smallest absolute Gasteiger partial charge is 0.413 e. The van der Waals surface area contributed by atoms with Gasteiger partial charge in [0, 0.05) is 40.4 Å². The lowest BCUT2D eigenvalue weighted by molar-refractivity contribution is -0.0592. The number of hydrogen-bond acceptors (Lipinski definition) is 8. The molecule has 51 heavy (non-hydrogen) atoms. The Morgan fingerprint density at radius 1 is 1.00 bits per heavy atom. The number of ether oxygens (including phenoxy) is 3. The van der Waals surface area contributed by atoms with Crippen LogP contribution in [0.4, 0.5) is 15.0 Å². The number of fused-ring (bicyclic) bond motifs is 1. The first-order valence-corrected chi connectivity index (χ1v) is 17.8. The molecule has 1 atom stereocenters. The van der Waals surface area contributed by atoms with Crippen LogP contribution in [-0.4, -0.2) is 61.9 Å². The van der Waals surface area contributed by atoms with Crippen LogP contribution < -0.4 is 10.1 Å². The van der Waals surface area contributed by atoms with Gasteiger partial charge in [0.05, 0.1) is 35.9 Å². The van der Waals surface area contributed by atoms with E-state index < -0.39 is 17.5 Å². The first kappa shape index (κ1) is 34.9. The first-order valence-electron chi connectivity index (χ1n) is 17.4. The number of pyridine rings is 2. The molecule has 0 saturated carbocycles. The highest BCUT2D eigenvalue weighted by Crippen LogP contribution is 2.31. The van der Waals surface area contributed by atoms with E-state index in [0.717, 1.165) is 85.9 Å². The number of rotatable bonds is 10. The van der Waals surface area contributed by atoms with E-state index in [1.165, 1.54) is 6.07 Å². The highest BCUT2D eigenvalue weighted by atomic mass is 35.5. The summed E-state index contributed by atoms with van der Waals surface area (Å²) in [4.78, 5) is 29.4. The predicted octanol–water partition coefficient (Wildman–Crippen LogP) is 8.38. The van der Waals surface area contributed by atoms with Crippen LogP contribution in [0.15, 0.2) is 72.8 Å². The molecule has 0 aliphatic carbocycles. The molecule has 2 aliphatic heterocycles. The Hall–Kier alpha value is -4.58. The van der Waals surface area contributed by atoms with E-state index in [-0.39, 0.29) is 12.7 Å². The number of nitrogens with zero attached hydrogens (tertiary/aromatic N) is 5. The van der Waals surface area contributed by atoms with Crippen molar-refractivity contribution in [3.05, 3.63) is 101 Å². The SMILES string of the molecule is CC(C)(C)OC(=O)Nc1cccc(-c2ccc3c(c2)nc(CN2CCC(c4cccc(OCc5ccc(Cl)cc5F)n4)CC2)n3C[C@@H]2CCO2)n1. The number of carbonyl (C=O) groups excluding carboxylic acids is 1. The molecular weight excluding hydrogens is 671 g/mol. The Morgan fingerprint density at radius 3 is 2.55 bits per heavy atom. The summed E-state index contributed by atoms with van der Waals surface area (Å²) in [6.45, 7) is 9.63. The van der Waals surface area contributed by atoms with E-state index in [9.17, 15) is 9.18 Å². The van der Waals surface area contributed by atoms with Gasteiger partial charge in [-0.05, 0) is 95.6 Å². The number of anilines is 1. The Bertz CT molecular complexity index is 2020. The topological polar surface area (TPSA) is 104 Å². The number of piperidine rings is 1. The van der Waals surface area contributed by atoms with E-state index >= 15 is 0 Å². The Balaban J connectivity index is 1.03. The molecule has 1 N–H and O–H groups in total. The molecule has 0 unspecified atom stereocenters. The third kappa shape index (κ3) is 8.66. The van der Waals surface area contributed by atoms with Crippen LogP contribution in [0.1, 0.15) is 63.0 Å². The van der Waals surface area contributed by atoms with Crippen LogP contribution in [0.5, 0.6) is 5.88 Å². The molecule has 12 heteroatoms. The van der Waals surface area contributed by atoms with Crippen molar-refractivity contribution in [2.45, 2.75) is 77.4 Å². The third-order valence-corrected chi connectivity index (χ3v) is 9.42. The number of hydrogen-bond donors (Lipinski definition) is 1. The number of aromatic nitrogens is 4. The third-order valence-electron chi connectivity index (χ3n) is 9.19. The van der Waals surface area contributed by atoms with Crippen LogP contribution in [0, 0.1) is 5.82 Å². The van der Waals surface area contributed by atoms with Crippen molar-refractivity contribution in [1.29, 1.82) is 0 Å². The van der Waals surface area contributed by atoms with Gasteiger partial charge in [-0.2, -0.15) is 0 Å². The largest absolute Gasteiger partial charge is 0.473 e. The van der Waals surface area contributed by atoms with Crippen LogP contribution in [0.25, 0.3) is 22.3 Å². The van der Waals surface area contributed by atoms with Gasteiger partial charge in [0.15, 0.2) is 0 Å². The van der Waals surface area contributed by atoms with E-state index in [4.69, 9.17) is 35.8 Å². The number of likely N-dealkylation sites (tertiary alicyclic amines) is 1. The van der Waals surface area contributed by atoms with Crippen molar-refractivity contribution in [2.24, 2.45) is 0 Å². The molecule has 0 spiro atoms. The highest BCUT2D eigenvalue weighted by molar-refractivity contribution is 6.30. The molecule has 7 rings (SSSR count). The fourth-order valence-electron chi connectivity index (χ4n) is 6.48. The Kier molecular flexibility index (Phi) is 10.2. The minimum Gasteiger partial charge on any atom is -0.473 e. The van der Waals surface area contributed by atoms with E-state index in [1.807, 2.05) is 57.2 Å². The second-order valence-corrected chi connectivity index (χ2v) is 14.6. The molecule has 2 fully saturated rings. The maximum atomic E-state index is 14.2. The number of halogens is 2. The van der Waals surface area contributed by atoms with Gasteiger partial charge in [-0.25, -0.2) is 24.1 Å². The number of nitrogens with one attached hydrogen (secondary N) is 1. The summed E-state index contributed by atoms with van der Waals surface area (Å²) in [5.74, 6) is 1.82. The zero-order valence-electron chi connectivity index (χ0n) is 29.1. The standard InChI is InChI=1S/C39H42ClFN6O4/c1-39(2,3)51-38(48)45-35-8-4-6-32(42-35)26-11-13-34-33(20-26)43-36(47(34)22-29-16-19-49-29)23-46-17-14-25(15-18-46)31-7-5-9-37(44-31)50-24-27-10-12-28(40)21-30(27)41/h4-13,20-21,25,29H,14-19,22-24H2,1-3H3,(H,42,45,48)/t29-/m0/s1. The van der Waals surface area contributed by atoms with Gasteiger partial charge >= 0.3 is 6.09 Å². The summed E-state index contributed by atoms with van der Waals surface area (Å²) in [5.41, 5.74) is 4.40. The van der Waals surface area contributed by atoms with Gasteiger partial charge in [0.2, 0.25) is 5.88 Å². The molecule has 2 aromatic carbocycles. The molecule has 3 aromatic heterocycles. The van der Waals surface area contributed by atoms with Crippen molar-refractivity contribution in [1.82, 2.24) is 24.4 Å². The van der Waals surface area contributed by atoms with Crippen molar-refractivity contribution in [2.75, 3.05) is 25.0 Å². The van der Waals surface area contributed by atoms with Crippen molar-refractivity contribution in [3.63, 3.8) is 0 Å². The van der Waals surface area contributed by atoms with E-state index in [2.05, 4.69) is 31.9 Å². The average Bonchev–Trinajstić information content (AvgIpc) is 3.41. The average molecular weight is 713 g/mol. The minimum absolute atomic E-state index is 0.0838. The molecule has 2 aliphatic rings. The quantitative estimate of drug-likeness (QED) is 0.154. The molecular formula is C39H42ClFN6O4. The Labute approximate surface area is 301 Å². The maximum absolute atomic E-state index is 14.2. The monoisotopic (exact) mass is 712 g/mol. The molecule has 2 saturated heterocycles. The molecule has 0 radical (unpaired) electrons. The van der Waals surface area contributed by atoms with Crippen LogP contribution >= 0.6 is 11.6 Å². The summed E-state index contributed by atoms with van der Waals surface area (Å²) >= 11 is 5.89. The zero-order chi connectivity index (χ0) is 35.5. The molecule has 5 heterocycles. The normalized spacial score (nSPS) is 16.9. The predicted molar refractivity (Wildman–Crippen MR) is 194 cm³/mol. The number of benzene rings is 2. The van der Waals surface area contributed by atoms with Crippen molar-refractivity contribution in [3.8, 4) is 17.1 Å². The maximum Gasteiger partial charge on any atom is 0.413 e. The fourth-order valence-corrected chi connectivity index (χ4v) is 6.64. The first-order chi connectivity index (χ1) is 24.6. The Morgan fingerprint density at radius 2 is 1.80 bits per heavy atom. The lowest BCUT2D eigenvalue weighted by Crippen LogP contribution is -2.35. The van der Waals surface area contributed by atoms with Crippen LogP contribution in [0.3, 0.4) is 0 Å². The minimum atomic E-state index is -0.606. The highest BCUT2D eigenvalue weighted by Gasteiger charge is 2.26. The molecule has 10 nitrogen and oxygen atoms in total. The summed E-state index contributed by atoms with van der Waals surface area (Å²) in [6.07, 6.45) is 2.58. The van der Waals surface area contributed by atoms with Gasteiger partial charge in [-0.1, -0.05) is 35.9 Å². The lowest BCUT2D eigenvalue weighted by atomic mass is 9.93. The molecule has 1 amide bonds. The van der Waals surface area contributed by atoms with Crippen molar-refractivity contribution < 1.29 is 23.4 Å². The van der Waals surface area contributed by atoms with Gasteiger partial charge in [-0.15, -0.1) is 0 Å². The molecule has 266 valence electrons. The molecule has 0 bridgehead atoms. The summed E-state index contributed by atoms with van der Waals surface area (Å²) in [5, 5.41) is 3.09. The van der Waals surface area contributed by atoms with E-state index in [1.54, 1.807) is 18.2 Å². The fraction of sp³-hybridized carbons (Fsp3) is 0.385. The van der Waals surface area contributed by atoms with Gasteiger partial charge in [0.1, 0.15) is 29.7 Å². The zero-order valence-corrected chi connectivity index (χ0v) is 29.8. The summed E-state index contributed by atoms with van der Waals surface area (Å²) in [7, 11) is 0. The second-order valence-electron chi connectivity index (χ2n) is 14.1. The van der Waals surface area contributed by atoms with Crippen LogP contribution in [0.2, 0.25) is 5.02 Å².